The van der Waals surface area contributed by atoms with E-state index in [4.69, 9.17) is 10.3 Å². The van der Waals surface area contributed by atoms with E-state index in [9.17, 15) is 9.18 Å². The summed E-state index contributed by atoms with van der Waals surface area (Å²) in [5.41, 5.74) is 9.00. The van der Waals surface area contributed by atoms with Crippen molar-refractivity contribution in [3.8, 4) is 22.9 Å². The zero-order valence-electron chi connectivity index (χ0n) is 20.0. The standard InChI is InChI=1S/C27H24FN7O2/c1-3-4-10-20(18(2)28)17-35-24(21-13-14-37-34-21)15-22(33-35)27-30-16-23(26(29)32-27)31-25(36)12-11-19-8-6-5-7-9-19/h3-16H,2,17H2,1H3,(H,31,36)(H2,29,30,32)/b4-3-,12-11+,20-10-. The first-order valence-corrected chi connectivity index (χ1v) is 11.3. The van der Waals surface area contributed by atoms with Gasteiger partial charge >= 0.3 is 0 Å². The van der Waals surface area contributed by atoms with Crippen molar-refractivity contribution in [1.29, 1.82) is 0 Å². The van der Waals surface area contributed by atoms with Crippen molar-refractivity contribution in [3.05, 3.63) is 103 Å². The maximum absolute atomic E-state index is 14.1. The predicted octanol–water partition coefficient (Wildman–Crippen LogP) is 5.21. The molecule has 9 nitrogen and oxygen atoms in total. The van der Waals surface area contributed by atoms with Crippen LogP contribution in [0.25, 0.3) is 29.0 Å². The highest BCUT2D eigenvalue weighted by Crippen LogP contribution is 2.27. The summed E-state index contributed by atoms with van der Waals surface area (Å²) >= 11 is 0. The van der Waals surface area contributed by atoms with Gasteiger partial charge in [-0.15, -0.1) is 0 Å². The van der Waals surface area contributed by atoms with Crippen molar-refractivity contribution in [1.82, 2.24) is 24.9 Å². The van der Waals surface area contributed by atoms with E-state index in [1.54, 1.807) is 41.1 Å². The van der Waals surface area contributed by atoms with Crippen LogP contribution >= 0.6 is 0 Å². The number of hydrogen-bond donors (Lipinski definition) is 2. The Morgan fingerprint density at radius 3 is 2.73 bits per heavy atom. The summed E-state index contributed by atoms with van der Waals surface area (Å²) in [6.07, 6.45) is 11.0. The second-order valence-corrected chi connectivity index (χ2v) is 7.81. The Morgan fingerprint density at radius 1 is 1.24 bits per heavy atom. The molecule has 0 aliphatic rings. The third-order valence-corrected chi connectivity index (χ3v) is 5.17. The Kier molecular flexibility index (Phi) is 7.79. The molecule has 1 amide bonds. The molecule has 0 unspecified atom stereocenters. The molecule has 0 fully saturated rings. The maximum atomic E-state index is 14.1. The lowest BCUT2D eigenvalue weighted by Gasteiger charge is -2.08. The molecule has 3 heterocycles. The highest BCUT2D eigenvalue weighted by atomic mass is 19.1. The third-order valence-electron chi connectivity index (χ3n) is 5.17. The maximum Gasteiger partial charge on any atom is 0.248 e. The van der Waals surface area contributed by atoms with Gasteiger partial charge < -0.3 is 15.6 Å². The predicted molar refractivity (Wildman–Crippen MR) is 140 cm³/mol. The number of amides is 1. The number of allylic oxidation sites excluding steroid dienone is 5. The second-order valence-electron chi connectivity index (χ2n) is 7.81. The SMILES string of the molecule is C=C(F)/C(=C\C=C/C)Cn1nc(-c2ncc(NC(=O)/C=C/c3ccccc3)c(N)n2)cc1-c1ccon1. The summed E-state index contributed by atoms with van der Waals surface area (Å²) in [6, 6.07) is 12.8. The van der Waals surface area contributed by atoms with Gasteiger partial charge in [0.15, 0.2) is 11.6 Å². The fraction of sp³-hybridized carbons (Fsp3) is 0.0741. The van der Waals surface area contributed by atoms with Crippen LogP contribution in [0.5, 0.6) is 0 Å². The quantitative estimate of drug-likeness (QED) is 0.240. The minimum atomic E-state index is -0.580. The van der Waals surface area contributed by atoms with E-state index < -0.39 is 5.83 Å². The van der Waals surface area contributed by atoms with Crippen LogP contribution < -0.4 is 11.1 Å². The minimum absolute atomic E-state index is 0.0646. The summed E-state index contributed by atoms with van der Waals surface area (Å²) in [6.45, 7) is 5.32. The lowest BCUT2D eigenvalue weighted by atomic mass is 10.2. The summed E-state index contributed by atoms with van der Waals surface area (Å²) in [7, 11) is 0. The van der Waals surface area contributed by atoms with Gasteiger partial charge in [-0.3, -0.25) is 9.48 Å². The molecule has 1 aromatic carbocycles. The van der Waals surface area contributed by atoms with Crippen molar-refractivity contribution >= 4 is 23.5 Å². The zero-order valence-corrected chi connectivity index (χ0v) is 20.0. The molecule has 0 bridgehead atoms. The van der Waals surface area contributed by atoms with Crippen molar-refractivity contribution in [2.45, 2.75) is 13.5 Å². The molecule has 0 atom stereocenters. The molecular weight excluding hydrogens is 473 g/mol. The summed E-state index contributed by atoms with van der Waals surface area (Å²) in [5, 5.41) is 11.2. The number of nitrogen functional groups attached to an aromatic ring is 1. The molecule has 10 heteroatoms. The highest BCUT2D eigenvalue weighted by Gasteiger charge is 2.18. The lowest BCUT2D eigenvalue weighted by Crippen LogP contribution is -2.11. The second kappa shape index (κ2) is 11.5. The first-order chi connectivity index (χ1) is 17.9. The molecule has 37 heavy (non-hydrogen) atoms. The molecular formula is C27H24FN7O2. The van der Waals surface area contributed by atoms with E-state index in [-0.39, 0.29) is 29.8 Å². The number of anilines is 2. The number of hydrogen-bond acceptors (Lipinski definition) is 7. The largest absolute Gasteiger partial charge is 0.382 e. The Labute approximate surface area is 212 Å². The zero-order chi connectivity index (χ0) is 26.2. The first-order valence-electron chi connectivity index (χ1n) is 11.3. The number of nitrogens with zero attached hydrogens (tertiary/aromatic N) is 5. The highest BCUT2D eigenvalue weighted by molar-refractivity contribution is 6.03. The summed E-state index contributed by atoms with van der Waals surface area (Å²) in [5.74, 6) is -0.675. The molecule has 0 radical (unpaired) electrons. The van der Waals surface area contributed by atoms with E-state index in [1.807, 2.05) is 37.3 Å². The number of carbonyl (C=O) groups excluding carboxylic acids is 1. The molecule has 0 saturated carbocycles. The van der Waals surface area contributed by atoms with Crippen molar-refractivity contribution in [2.24, 2.45) is 0 Å². The number of carbonyl (C=O) groups is 1. The number of halogens is 1. The van der Waals surface area contributed by atoms with Crippen molar-refractivity contribution in [3.63, 3.8) is 0 Å². The molecule has 0 aliphatic carbocycles. The number of nitrogens with one attached hydrogen (secondary N) is 1. The minimum Gasteiger partial charge on any atom is -0.382 e. The van der Waals surface area contributed by atoms with E-state index >= 15 is 0 Å². The van der Waals surface area contributed by atoms with Gasteiger partial charge in [-0.1, -0.05) is 60.3 Å². The van der Waals surface area contributed by atoms with Gasteiger partial charge in [0.1, 0.15) is 29.2 Å². The van der Waals surface area contributed by atoms with E-state index in [2.05, 4.69) is 32.1 Å². The summed E-state index contributed by atoms with van der Waals surface area (Å²) < 4.78 is 20.6. The smallest absolute Gasteiger partial charge is 0.248 e. The van der Waals surface area contributed by atoms with Crippen LogP contribution in [0.15, 0.2) is 102 Å². The van der Waals surface area contributed by atoms with Gasteiger partial charge in [0.2, 0.25) is 5.91 Å². The van der Waals surface area contributed by atoms with Gasteiger partial charge in [-0.2, -0.15) is 5.10 Å². The number of aromatic nitrogens is 5. The van der Waals surface area contributed by atoms with Crippen LogP contribution in [0.3, 0.4) is 0 Å². The van der Waals surface area contributed by atoms with Crippen molar-refractivity contribution in [2.75, 3.05) is 11.1 Å². The molecule has 4 rings (SSSR count). The van der Waals surface area contributed by atoms with Crippen LogP contribution in [0.4, 0.5) is 15.9 Å². The normalized spacial score (nSPS) is 11.9. The van der Waals surface area contributed by atoms with Gasteiger partial charge in [0, 0.05) is 17.7 Å². The van der Waals surface area contributed by atoms with Gasteiger partial charge in [-0.25, -0.2) is 14.4 Å². The Hall–Kier alpha value is -5.12. The van der Waals surface area contributed by atoms with E-state index in [0.29, 0.717) is 22.7 Å². The number of rotatable bonds is 9. The molecule has 0 saturated heterocycles. The molecule has 3 aromatic heterocycles. The molecule has 0 aliphatic heterocycles. The fourth-order valence-electron chi connectivity index (χ4n) is 3.33. The fourth-order valence-corrected chi connectivity index (χ4v) is 3.33. The van der Waals surface area contributed by atoms with Crippen LogP contribution in [-0.4, -0.2) is 30.8 Å². The van der Waals surface area contributed by atoms with Crippen molar-refractivity contribution < 1.29 is 13.7 Å². The van der Waals surface area contributed by atoms with Crippen LogP contribution in [0.2, 0.25) is 0 Å². The topological polar surface area (TPSA) is 125 Å². The van der Waals surface area contributed by atoms with Gasteiger partial charge in [-0.05, 0) is 24.6 Å². The van der Waals surface area contributed by atoms with Crippen LogP contribution in [0, 0.1) is 0 Å². The molecule has 4 aromatic rings. The molecule has 3 N–H and O–H groups in total. The van der Waals surface area contributed by atoms with Crippen LogP contribution in [0.1, 0.15) is 12.5 Å². The average Bonchev–Trinajstić information content (AvgIpc) is 3.57. The van der Waals surface area contributed by atoms with Gasteiger partial charge in [0.25, 0.3) is 0 Å². The van der Waals surface area contributed by atoms with E-state index in [1.165, 1.54) is 18.5 Å². The number of nitrogens with two attached hydrogens (primary N) is 1. The molecule has 0 spiro atoms. The Morgan fingerprint density at radius 2 is 2.05 bits per heavy atom. The third kappa shape index (κ3) is 6.31. The number of benzene rings is 1. The monoisotopic (exact) mass is 497 g/mol. The van der Waals surface area contributed by atoms with E-state index in [0.717, 1.165) is 5.56 Å². The molecule has 186 valence electrons. The van der Waals surface area contributed by atoms with Crippen LogP contribution in [-0.2, 0) is 11.3 Å². The summed E-state index contributed by atoms with van der Waals surface area (Å²) in [4.78, 5) is 20.9. The average molecular weight is 498 g/mol. The Bertz CT molecular complexity index is 1490. The Balaban J connectivity index is 1.59. The first kappa shape index (κ1) is 25.0. The lowest BCUT2D eigenvalue weighted by molar-refractivity contribution is -0.111. The van der Waals surface area contributed by atoms with Gasteiger partial charge in [0.05, 0.1) is 18.4 Å².